The SMILES string of the molecule is CC/C=C\C/C=C\C/C=C\C/C=C\C/C=C\C/C=C\C/C=C\CCCCCC(=O)OCC(COC(=O)C/C=C\C/C=C\C/C=C\C/C=C\C/C=C\CC)OC(=O)CCCCCCCCCCCCCCC/C=C\CCCCCCCCCC. The smallest absolute Gasteiger partial charge is 0.309 e. The van der Waals surface area contributed by atoms with Crippen LogP contribution in [-0.2, 0) is 28.6 Å². The van der Waals surface area contributed by atoms with Crippen LogP contribution in [0.4, 0.5) is 0 Å². The third kappa shape index (κ3) is 67.7. The maximum absolute atomic E-state index is 12.9. The summed E-state index contributed by atoms with van der Waals surface area (Å²) in [6.07, 6.45) is 101. The van der Waals surface area contributed by atoms with E-state index in [2.05, 4.69) is 167 Å². The van der Waals surface area contributed by atoms with Crippen molar-refractivity contribution >= 4 is 17.9 Å². The van der Waals surface area contributed by atoms with Gasteiger partial charge in [0.25, 0.3) is 0 Å². The number of esters is 3. The molecule has 1 unspecified atom stereocenters. The number of unbranched alkanes of at least 4 members (excludes halogenated alkanes) is 24. The molecule has 0 aliphatic rings. The lowest BCUT2D eigenvalue weighted by molar-refractivity contribution is -0.166. The summed E-state index contributed by atoms with van der Waals surface area (Å²) in [4.78, 5) is 38.3. The predicted octanol–water partition coefficient (Wildman–Crippen LogP) is 23.7. The molecule has 0 rings (SSSR count). The maximum Gasteiger partial charge on any atom is 0.309 e. The highest BCUT2D eigenvalue weighted by Crippen LogP contribution is 2.16. The van der Waals surface area contributed by atoms with Gasteiger partial charge in [-0.05, 0) is 128 Å². The summed E-state index contributed by atoms with van der Waals surface area (Å²) >= 11 is 0. The van der Waals surface area contributed by atoms with Gasteiger partial charge < -0.3 is 14.2 Å². The van der Waals surface area contributed by atoms with Crippen molar-refractivity contribution in [1.29, 1.82) is 0 Å². The van der Waals surface area contributed by atoms with E-state index in [0.29, 0.717) is 12.8 Å². The zero-order valence-corrected chi connectivity index (χ0v) is 53.7. The van der Waals surface area contributed by atoms with Crippen LogP contribution in [0.1, 0.15) is 290 Å². The fourth-order valence-corrected chi connectivity index (χ4v) is 9.02. The lowest BCUT2D eigenvalue weighted by atomic mass is 10.0. The zero-order valence-electron chi connectivity index (χ0n) is 53.7. The van der Waals surface area contributed by atoms with Crippen molar-refractivity contribution in [3.8, 4) is 0 Å². The van der Waals surface area contributed by atoms with Crippen LogP contribution in [0, 0.1) is 0 Å². The first kappa shape index (κ1) is 78.0. The molecular weight excluding hydrogens is 1020 g/mol. The van der Waals surface area contributed by atoms with E-state index in [1.807, 2.05) is 6.08 Å². The molecule has 0 amide bonds. The van der Waals surface area contributed by atoms with Gasteiger partial charge in [-0.3, -0.25) is 14.4 Å². The summed E-state index contributed by atoms with van der Waals surface area (Å²) in [5.41, 5.74) is 0. The number of carbonyl (C=O) groups excluding carboxylic acids is 3. The molecule has 0 fully saturated rings. The van der Waals surface area contributed by atoms with E-state index in [0.717, 1.165) is 122 Å². The van der Waals surface area contributed by atoms with Crippen LogP contribution in [0.15, 0.2) is 158 Å². The Kier molecular flexibility index (Phi) is 65.4. The van der Waals surface area contributed by atoms with Gasteiger partial charge in [-0.2, -0.15) is 0 Å². The largest absolute Gasteiger partial charge is 0.462 e. The number of hydrogen-bond donors (Lipinski definition) is 0. The zero-order chi connectivity index (χ0) is 59.9. The summed E-state index contributed by atoms with van der Waals surface area (Å²) in [7, 11) is 0. The normalized spacial score (nSPS) is 13.1. The van der Waals surface area contributed by atoms with Crippen molar-refractivity contribution in [2.75, 3.05) is 13.2 Å². The molecular formula is C77H124O6. The standard InChI is InChI=1S/C77H124O6/c1-4-7-10-13-16-19-22-25-28-30-32-34-36-38-40-42-44-46-49-52-55-58-61-64-67-70-76(79)82-73-74(72-81-75(78)69-66-63-60-57-54-51-48-27-24-21-18-15-12-9-6-3)83-77(80)71-68-65-62-59-56-53-50-47-45-43-41-39-37-35-33-31-29-26-23-20-17-14-11-8-5-2/h7,9-10,12,16,18-19,21,25,27-28,31-34,38,40,44,46,48,52,54-55,57,63,66,74H,4-6,8,11,13-15,17,20,22-24,26,29-30,35-37,39,41-43,45,47,49-51,53,56,58-62,64-65,67-73H2,1-3H3/b10-7-,12-9-,19-16-,21-18-,28-25-,33-31-,34-32-,40-38-,46-44-,48-27-,55-52-,57-54-,66-63-. The van der Waals surface area contributed by atoms with E-state index in [1.54, 1.807) is 6.08 Å². The Bertz CT molecular complexity index is 1840. The van der Waals surface area contributed by atoms with Gasteiger partial charge in [0.05, 0.1) is 6.42 Å². The van der Waals surface area contributed by atoms with Crippen molar-refractivity contribution in [3.63, 3.8) is 0 Å². The summed E-state index contributed by atoms with van der Waals surface area (Å²) < 4.78 is 16.8. The highest BCUT2D eigenvalue weighted by atomic mass is 16.6. The molecule has 6 nitrogen and oxygen atoms in total. The molecule has 0 spiro atoms. The Hall–Kier alpha value is -4.97. The average molecular weight is 1150 g/mol. The number of carbonyl (C=O) groups is 3. The Morgan fingerprint density at radius 1 is 0.265 bits per heavy atom. The number of ether oxygens (including phenoxy) is 3. The minimum atomic E-state index is -0.841. The van der Waals surface area contributed by atoms with Crippen LogP contribution < -0.4 is 0 Å². The molecule has 0 heterocycles. The first-order valence-corrected chi connectivity index (χ1v) is 34.0. The molecule has 0 saturated carbocycles. The summed E-state index contributed by atoms with van der Waals surface area (Å²) in [6.45, 7) is 6.31. The molecule has 1 atom stereocenters. The lowest BCUT2D eigenvalue weighted by Gasteiger charge is -2.18. The van der Waals surface area contributed by atoms with Crippen LogP contribution in [0.2, 0.25) is 0 Å². The topological polar surface area (TPSA) is 78.9 Å². The summed E-state index contributed by atoms with van der Waals surface area (Å²) in [5, 5.41) is 0. The Morgan fingerprint density at radius 3 is 0.867 bits per heavy atom. The maximum atomic E-state index is 12.9. The molecule has 0 aliphatic heterocycles. The molecule has 0 saturated heterocycles. The van der Waals surface area contributed by atoms with Crippen molar-refractivity contribution in [2.24, 2.45) is 0 Å². The van der Waals surface area contributed by atoms with Crippen LogP contribution in [0.25, 0.3) is 0 Å². The summed E-state index contributed by atoms with van der Waals surface area (Å²) in [5.74, 6) is -1.09. The second kappa shape index (κ2) is 69.5. The van der Waals surface area contributed by atoms with E-state index in [-0.39, 0.29) is 31.6 Å². The Labute approximate surface area is 511 Å². The van der Waals surface area contributed by atoms with Gasteiger partial charge in [0, 0.05) is 12.8 Å². The van der Waals surface area contributed by atoms with Gasteiger partial charge >= 0.3 is 17.9 Å². The first-order chi connectivity index (χ1) is 41.0. The molecule has 0 N–H and O–H groups in total. The number of rotatable bonds is 60. The third-order valence-electron chi connectivity index (χ3n) is 14.0. The lowest BCUT2D eigenvalue weighted by Crippen LogP contribution is -2.30. The Morgan fingerprint density at radius 2 is 0.518 bits per heavy atom. The first-order valence-electron chi connectivity index (χ1n) is 34.0. The van der Waals surface area contributed by atoms with Gasteiger partial charge in [-0.15, -0.1) is 0 Å². The second-order valence-electron chi connectivity index (χ2n) is 22.0. The highest BCUT2D eigenvalue weighted by molar-refractivity contribution is 5.72. The third-order valence-corrected chi connectivity index (χ3v) is 14.0. The predicted molar refractivity (Wildman–Crippen MR) is 362 cm³/mol. The monoisotopic (exact) mass is 1140 g/mol. The molecule has 83 heavy (non-hydrogen) atoms. The van der Waals surface area contributed by atoms with E-state index < -0.39 is 12.1 Å². The molecule has 0 radical (unpaired) electrons. The number of allylic oxidation sites excluding steroid dienone is 25. The van der Waals surface area contributed by atoms with Crippen LogP contribution in [0.5, 0.6) is 0 Å². The second-order valence-corrected chi connectivity index (χ2v) is 22.0. The summed E-state index contributed by atoms with van der Waals surface area (Å²) in [6, 6.07) is 0. The highest BCUT2D eigenvalue weighted by Gasteiger charge is 2.19. The molecule has 0 bridgehead atoms. The van der Waals surface area contributed by atoms with E-state index >= 15 is 0 Å². The van der Waals surface area contributed by atoms with Crippen LogP contribution in [-0.4, -0.2) is 37.2 Å². The molecule has 0 aromatic rings. The van der Waals surface area contributed by atoms with Gasteiger partial charge in [0.15, 0.2) is 6.10 Å². The minimum Gasteiger partial charge on any atom is -0.462 e. The van der Waals surface area contributed by atoms with Gasteiger partial charge in [-0.1, -0.05) is 301 Å². The number of hydrogen-bond acceptors (Lipinski definition) is 6. The molecule has 0 aromatic carbocycles. The minimum absolute atomic E-state index is 0.114. The van der Waals surface area contributed by atoms with Gasteiger partial charge in [0.2, 0.25) is 0 Å². The fraction of sp³-hybridized carbons (Fsp3) is 0.623. The van der Waals surface area contributed by atoms with Crippen LogP contribution in [0.3, 0.4) is 0 Å². The molecule has 468 valence electrons. The van der Waals surface area contributed by atoms with E-state index in [4.69, 9.17) is 14.2 Å². The quantitative estimate of drug-likeness (QED) is 0.0261. The van der Waals surface area contributed by atoms with Crippen molar-refractivity contribution in [1.82, 2.24) is 0 Å². The van der Waals surface area contributed by atoms with E-state index in [9.17, 15) is 14.4 Å². The molecule has 6 heteroatoms. The van der Waals surface area contributed by atoms with Crippen molar-refractivity contribution in [2.45, 2.75) is 297 Å². The molecule has 0 aliphatic carbocycles. The van der Waals surface area contributed by atoms with Crippen molar-refractivity contribution < 1.29 is 28.6 Å². The molecule has 0 aromatic heterocycles. The van der Waals surface area contributed by atoms with E-state index in [1.165, 1.54) is 128 Å². The van der Waals surface area contributed by atoms with Crippen molar-refractivity contribution in [3.05, 3.63) is 158 Å². The van der Waals surface area contributed by atoms with Gasteiger partial charge in [0.1, 0.15) is 13.2 Å². The van der Waals surface area contributed by atoms with Gasteiger partial charge in [-0.25, -0.2) is 0 Å². The van der Waals surface area contributed by atoms with Crippen LogP contribution >= 0.6 is 0 Å². The fourth-order valence-electron chi connectivity index (χ4n) is 9.02. The Balaban J connectivity index is 4.48. The average Bonchev–Trinajstić information content (AvgIpc) is 3.49.